The average molecular weight is 475 g/mol. The van der Waals surface area contributed by atoms with Crippen molar-refractivity contribution in [3.63, 3.8) is 0 Å². The van der Waals surface area contributed by atoms with Crippen molar-refractivity contribution in [3.8, 4) is 40.1 Å². The van der Waals surface area contributed by atoms with Gasteiger partial charge in [-0.1, -0.05) is 60.4 Å². The Labute approximate surface area is 212 Å². The number of benzene rings is 3. The standard InChI is InChI=1S/C31H30N4O/c1-34-14-16-35(17-15-34)22-24-12-13-28-26(20-24)21-29-30(32-33-31(28)29)25-9-5-7-23(19-25)8-6-18-36-27-10-3-2-4-11-27/h2-5,7,9-13,19-20H,14-18,21-22H2,1H3,(H,32,33). The van der Waals surface area contributed by atoms with Gasteiger partial charge in [0.25, 0.3) is 0 Å². The molecule has 0 unspecified atom stereocenters. The highest BCUT2D eigenvalue weighted by Crippen LogP contribution is 2.40. The fourth-order valence-corrected chi connectivity index (χ4v) is 5.11. The van der Waals surface area contributed by atoms with Crippen molar-refractivity contribution in [2.75, 3.05) is 39.8 Å². The second kappa shape index (κ2) is 10.0. The number of rotatable bonds is 5. The summed E-state index contributed by atoms with van der Waals surface area (Å²) in [5.74, 6) is 7.19. The summed E-state index contributed by atoms with van der Waals surface area (Å²) in [6.45, 7) is 5.95. The highest BCUT2D eigenvalue weighted by Gasteiger charge is 2.25. The van der Waals surface area contributed by atoms with Crippen LogP contribution in [0.2, 0.25) is 0 Å². The molecular formula is C31H30N4O. The lowest BCUT2D eigenvalue weighted by Gasteiger charge is -2.32. The lowest BCUT2D eigenvalue weighted by atomic mass is 10.0. The van der Waals surface area contributed by atoms with Crippen molar-refractivity contribution in [1.82, 2.24) is 20.0 Å². The molecule has 5 nitrogen and oxygen atoms in total. The van der Waals surface area contributed by atoms with E-state index in [4.69, 9.17) is 9.84 Å². The van der Waals surface area contributed by atoms with Gasteiger partial charge >= 0.3 is 0 Å². The van der Waals surface area contributed by atoms with Crippen molar-refractivity contribution in [1.29, 1.82) is 0 Å². The molecule has 36 heavy (non-hydrogen) atoms. The van der Waals surface area contributed by atoms with Crippen LogP contribution in [0.25, 0.3) is 22.5 Å². The Hall–Kier alpha value is -3.85. The predicted molar refractivity (Wildman–Crippen MR) is 144 cm³/mol. The van der Waals surface area contributed by atoms with Crippen molar-refractivity contribution in [3.05, 3.63) is 95.1 Å². The number of para-hydroxylation sites is 1. The van der Waals surface area contributed by atoms with E-state index in [-0.39, 0.29) is 0 Å². The highest BCUT2D eigenvalue weighted by molar-refractivity contribution is 5.81. The highest BCUT2D eigenvalue weighted by atomic mass is 16.5. The first kappa shape index (κ1) is 22.6. The summed E-state index contributed by atoms with van der Waals surface area (Å²) in [5, 5.41) is 8.01. The number of aromatic nitrogens is 2. The average Bonchev–Trinajstić information content (AvgIpc) is 3.48. The van der Waals surface area contributed by atoms with Gasteiger partial charge in [0.1, 0.15) is 12.4 Å². The third-order valence-corrected chi connectivity index (χ3v) is 7.10. The molecule has 2 heterocycles. The van der Waals surface area contributed by atoms with Crippen molar-refractivity contribution in [2.24, 2.45) is 0 Å². The number of piperazine rings is 1. The second-order valence-corrected chi connectivity index (χ2v) is 9.66. The van der Waals surface area contributed by atoms with Crippen LogP contribution >= 0.6 is 0 Å². The maximum Gasteiger partial charge on any atom is 0.149 e. The Balaban J connectivity index is 1.16. The quantitative estimate of drug-likeness (QED) is 0.371. The molecule has 5 heteroatoms. The molecule has 3 aromatic carbocycles. The summed E-state index contributed by atoms with van der Waals surface area (Å²) in [5.41, 5.74) is 9.57. The van der Waals surface area contributed by atoms with Crippen LogP contribution in [0.3, 0.4) is 0 Å². The van der Waals surface area contributed by atoms with E-state index >= 15 is 0 Å². The molecule has 6 rings (SSSR count). The molecule has 0 amide bonds. The minimum atomic E-state index is 0.359. The zero-order chi connectivity index (χ0) is 24.3. The molecule has 180 valence electrons. The number of nitrogens with one attached hydrogen (secondary N) is 1. The molecule has 0 saturated carbocycles. The van der Waals surface area contributed by atoms with Crippen LogP contribution in [0.5, 0.6) is 5.75 Å². The van der Waals surface area contributed by atoms with Gasteiger partial charge in [0.2, 0.25) is 0 Å². The van der Waals surface area contributed by atoms with Gasteiger partial charge in [-0.05, 0) is 42.4 Å². The molecule has 4 aromatic rings. The molecule has 1 saturated heterocycles. The van der Waals surface area contributed by atoms with Crippen LogP contribution in [0.4, 0.5) is 0 Å². The van der Waals surface area contributed by atoms with Gasteiger partial charge in [-0.3, -0.25) is 10.00 Å². The first-order valence-electron chi connectivity index (χ1n) is 12.6. The van der Waals surface area contributed by atoms with Crippen molar-refractivity contribution in [2.45, 2.75) is 13.0 Å². The Morgan fingerprint density at radius 2 is 1.81 bits per heavy atom. The number of hydrogen-bond donors (Lipinski definition) is 1. The lowest BCUT2D eigenvalue weighted by molar-refractivity contribution is 0.148. The van der Waals surface area contributed by atoms with Gasteiger partial charge in [0.15, 0.2) is 0 Å². The van der Waals surface area contributed by atoms with Crippen LogP contribution in [0.1, 0.15) is 22.3 Å². The van der Waals surface area contributed by atoms with E-state index in [9.17, 15) is 0 Å². The summed E-state index contributed by atoms with van der Waals surface area (Å²) in [6, 6.07) is 25.0. The van der Waals surface area contributed by atoms with Crippen molar-refractivity contribution >= 4 is 0 Å². The molecule has 1 N–H and O–H groups in total. The SMILES string of the molecule is CN1CCN(Cc2ccc3c(c2)Cc2c(-c4cccc(C#CCOc5ccccc5)c4)n[nH]c2-3)CC1. The molecule has 1 aliphatic heterocycles. The molecule has 0 atom stereocenters. The number of hydrogen-bond acceptors (Lipinski definition) is 4. The van der Waals surface area contributed by atoms with E-state index in [1.54, 1.807) is 0 Å². The number of aromatic amines is 1. The van der Waals surface area contributed by atoms with Gasteiger partial charge in [-0.2, -0.15) is 5.10 Å². The maximum absolute atomic E-state index is 5.69. The first-order valence-corrected chi connectivity index (χ1v) is 12.6. The molecule has 1 fully saturated rings. The van der Waals surface area contributed by atoms with Crippen LogP contribution in [0, 0.1) is 11.8 Å². The number of likely N-dealkylation sites (N-methyl/N-ethyl adjacent to an activating group) is 1. The van der Waals surface area contributed by atoms with Gasteiger partial charge in [0, 0.05) is 61.4 Å². The Kier molecular flexibility index (Phi) is 6.29. The molecule has 0 spiro atoms. The van der Waals surface area contributed by atoms with Gasteiger partial charge < -0.3 is 9.64 Å². The Bertz CT molecular complexity index is 1420. The fraction of sp³-hybridized carbons (Fsp3) is 0.258. The smallest absolute Gasteiger partial charge is 0.149 e. The van der Waals surface area contributed by atoms with E-state index < -0.39 is 0 Å². The van der Waals surface area contributed by atoms with E-state index in [1.807, 2.05) is 36.4 Å². The van der Waals surface area contributed by atoms with Gasteiger partial charge in [0.05, 0.1) is 11.4 Å². The molecule has 2 aliphatic rings. The maximum atomic E-state index is 5.69. The predicted octanol–water partition coefficient (Wildman–Crippen LogP) is 4.83. The minimum Gasteiger partial charge on any atom is -0.481 e. The van der Waals surface area contributed by atoms with Crippen LogP contribution < -0.4 is 4.74 Å². The summed E-state index contributed by atoms with van der Waals surface area (Å²) < 4.78 is 5.69. The second-order valence-electron chi connectivity index (χ2n) is 9.66. The van der Waals surface area contributed by atoms with E-state index in [1.165, 1.54) is 22.3 Å². The van der Waals surface area contributed by atoms with Crippen LogP contribution in [-0.4, -0.2) is 59.8 Å². The molecule has 1 aromatic heterocycles. The molecular weight excluding hydrogens is 444 g/mol. The van der Waals surface area contributed by atoms with Crippen LogP contribution in [-0.2, 0) is 13.0 Å². The van der Waals surface area contributed by atoms with Gasteiger partial charge in [-0.15, -0.1) is 0 Å². The topological polar surface area (TPSA) is 44.4 Å². The third-order valence-electron chi connectivity index (χ3n) is 7.10. The summed E-state index contributed by atoms with van der Waals surface area (Å²) in [7, 11) is 2.20. The monoisotopic (exact) mass is 474 g/mol. The first-order chi connectivity index (χ1) is 17.7. The van der Waals surface area contributed by atoms with Crippen molar-refractivity contribution < 1.29 is 4.74 Å². The molecule has 0 bridgehead atoms. The molecule has 1 aliphatic carbocycles. The third kappa shape index (κ3) is 4.79. The van der Waals surface area contributed by atoms with Gasteiger partial charge in [-0.25, -0.2) is 0 Å². The minimum absolute atomic E-state index is 0.359. The largest absolute Gasteiger partial charge is 0.481 e. The normalized spacial score (nSPS) is 15.1. The summed E-state index contributed by atoms with van der Waals surface area (Å²) in [4.78, 5) is 4.96. The van der Waals surface area contributed by atoms with E-state index in [0.29, 0.717) is 6.61 Å². The fourth-order valence-electron chi connectivity index (χ4n) is 5.11. The summed E-state index contributed by atoms with van der Waals surface area (Å²) in [6.07, 6.45) is 0.911. The Morgan fingerprint density at radius 3 is 2.67 bits per heavy atom. The number of nitrogens with zero attached hydrogens (tertiary/aromatic N) is 3. The molecule has 0 radical (unpaired) electrons. The van der Waals surface area contributed by atoms with E-state index in [2.05, 4.69) is 70.2 Å². The number of H-pyrrole nitrogens is 1. The lowest BCUT2D eigenvalue weighted by Crippen LogP contribution is -2.43. The number of ether oxygens (including phenoxy) is 1. The Morgan fingerprint density at radius 1 is 0.944 bits per heavy atom. The summed E-state index contributed by atoms with van der Waals surface area (Å²) >= 11 is 0. The zero-order valence-electron chi connectivity index (χ0n) is 20.6. The zero-order valence-corrected chi connectivity index (χ0v) is 20.6. The van der Waals surface area contributed by atoms with Crippen LogP contribution in [0.15, 0.2) is 72.8 Å². The number of fused-ring (bicyclic) bond motifs is 3. The van der Waals surface area contributed by atoms with E-state index in [0.717, 1.165) is 67.4 Å².